The lowest BCUT2D eigenvalue weighted by molar-refractivity contribution is -0.113. The standard InChI is InChI=1S/C15H17NO/c16-14(17)9-11-10-15(7-3-4-8-15)13-6-2-1-5-12(11)13/h1-2,5-6,9H,3-4,7-8,10H2,(H2,16,17)/b11-9+. The Kier molecular flexibility index (Phi) is 2.32. The summed E-state index contributed by atoms with van der Waals surface area (Å²) >= 11 is 0. The fourth-order valence-corrected chi connectivity index (χ4v) is 3.58. The van der Waals surface area contributed by atoms with Gasteiger partial charge in [0.05, 0.1) is 0 Å². The molecule has 1 aromatic carbocycles. The Bertz CT molecular complexity index is 495. The number of benzene rings is 1. The number of hydrogen-bond acceptors (Lipinski definition) is 1. The maximum atomic E-state index is 11.1. The van der Waals surface area contributed by atoms with Gasteiger partial charge in [-0.3, -0.25) is 4.79 Å². The molecule has 1 fully saturated rings. The third kappa shape index (κ3) is 1.59. The molecule has 88 valence electrons. The molecule has 2 N–H and O–H groups in total. The van der Waals surface area contributed by atoms with E-state index in [-0.39, 0.29) is 5.91 Å². The Morgan fingerprint density at radius 1 is 1.24 bits per heavy atom. The van der Waals surface area contributed by atoms with Gasteiger partial charge in [0, 0.05) is 6.08 Å². The van der Waals surface area contributed by atoms with Crippen LogP contribution < -0.4 is 5.73 Å². The zero-order valence-electron chi connectivity index (χ0n) is 9.91. The molecule has 17 heavy (non-hydrogen) atoms. The predicted molar refractivity (Wildman–Crippen MR) is 68.4 cm³/mol. The van der Waals surface area contributed by atoms with Gasteiger partial charge in [-0.05, 0) is 41.4 Å². The number of carbonyl (C=O) groups excluding carboxylic acids is 1. The average molecular weight is 227 g/mol. The van der Waals surface area contributed by atoms with Crippen molar-refractivity contribution in [3.8, 4) is 0 Å². The van der Waals surface area contributed by atoms with Crippen molar-refractivity contribution in [1.82, 2.24) is 0 Å². The van der Waals surface area contributed by atoms with Gasteiger partial charge < -0.3 is 5.73 Å². The Labute approximate surface area is 102 Å². The molecule has 2 aliphatic rings. The number of rotatable bonds is 1. The van der Waals surface area contributed by atoms with Gasteiger partial charge in [-0.2, -0.15) is 0 Å². The molecule has 3 rings (SSSR count). The molecule has 2 heteroatoms. The summed E-state index contributed by atoms with van der Waals surface area (Å²) in [4.78, 5) is 11.1. The lowest BCUT2D eigenvalue weighted by Gasteiger charge is -2.23. The second kappa shape index (κ2) is 3.73. The Balaban J connectivity index is 2.13. The van der Waals surface area contributed by atoms with Crippen LogP contribution in [0.2, 0.25) is 0 Å². The molecule has 0 unspecified atom stereocenters. The number of fused-ring (bicyclic) bond motifs is 2. The highest BCUT2D eigenvalue weighted by Gasteiger charge is 2.42. The number of primary amides is 1. The lowest BCUT2D eigenvalue weighted by Crippen LogP contribution is -2.17. The molecule has 0 atom stereocenters. The minimum atomic E-state index is -0.329. The fraction of sp³-hybridized carbons (Fsp3) is 0.400. The molecule has 0 saturated heterocycles. The Morgan fingerprint density at radius 2 is 1.94 bits per heavy atom. The van der Waals surface area contributed by atoms with Crippen LogP contribution >= 0.6 is 0 Å². The molecule has 2 aliphatic carbocycles. The summed E-state index contributed by atoms with van der Waals surface area (Å²) in [6, 6.07) is 8.49. The molecule has 0 bridgehead atoms. The average Bonchev–Trinajstić information content (AvgIpc) is 2.88. The summed E-state index contributed by atoms with van der Waals surface area (Å²) in [5.74, 6) is -0.329. The van der Waals surface area contributed by atoms with E-state index in [4.69, 9.17) is 5.73 Å². The zero-order chi connectivity index (χ0) is 11.9. The third-order valence-corrected chi connectivity index (χ3v) is 4.25. The molecule has 0 aromatic heterocycles. The van der Waals surface area contributed by atoms with Crippen molar-refractivity contribution >= 4 is 11.5 Å². The molecule has 1 aromatic rings. The van der Waals surface area contributed by atoms with Gasteiger partial charge >= 0.3 is 0 Å². The van der Waals surface area contributed by atoms with Gasteiger partial charge in [0.1, 0.15) is 0 Å². The number of hydrogen-bond donors (Lipinski definition) is 1. The van der Waals surface area contributed by atoms with Crippen LogP contribution in [0.15, 0.2) is 30.3 Å². The van der Waals surface area contributed by atoms with E-state index >= 15 is 0 Å². The number of nitrogens with two attached hydrogens (primary N) is 1. The van der Waals surface area contributed by atoms with Crippen molar-refractivity contribution in [2.24, 2.45) is 5.73 Å². The first-order valence-electron chi connectivity index (χ1n) is 6.31. The highest BCUT2D eigenvalue weighted by Crippen LogP contribution is 2.54. The van der Waals surface area contributed by atoms with Gasteiger partial charge in [-0.15, -0.1) is 0 Å². The summed E-state index contributed by atoms with van der Waals surface area (Å²) in [5, 5.41) is 0. The summed E-state index contributed by atoms with van der Waals surface area (Å²) in [6.45, 7) is 0. The summed E-state index contributed by atoms with van der Waals surface area (Å²) in [6.07, 6.45) is 7.72. The van der Waals surface area contributed by atoms with Crippen molar-refractivity contribution in [2.45, 2.75) is 37.5 Å². The highest BCUT2D eigenvalue weighted by molar-refractivity contribution is 5.96. The molecule has 1 spiro atoms. The second-order valence-electron chi connectivity index (χ2n) is 5.28. The van der Waals surface area contributed by atoms with E-state index in [0.717, 1.165) is 12.0 Å². The van der Waals surface area contributed by atoms with E-state index in [1.54, 1.807) is 6.08 Å². The Hall–Kier alpha value is -1.57. The van der Waals surface area contributed by atoms with E-state index in [2.05, 4.69) is 18.2 Å². The number of amides is 1. The van der Waals surface area contributed by atoms with E-state index in [0.29, 0.717) is 5.41 Å². The molecule has 1 saturated carbocycles. The first-order chi connectivity index (χ1) is 8.21. The summed E-state index contributed by atoms with van der Waals surface area (Å²) < 4.78 is 0. The fourth-order valence-electron chi connectivity index (χ4n) is 3.58. The van der Waals surface area contributed by atoms with Crippen LogP contribution in [0.4, 0.5) is 0 Å². The lowest BCUT2D eigenvalue weighted by atomic mass is 9.80. The first kappa shape index (κ1) is 10.6. The smallest absolute Gasteiger partial charge is 0.241 e. The van der Waals surface area contributed by atoms with Gasteiger partial charge in [0.25, 0.3) is 0 Å². The van der Waals surface area contributed by atoms with Crippen molar-refractivity contribution < 1.29 is 4.79 Å². The molecule has 0 heterocycles. The van der Waals surface area contributed by atoms with Gasteiger partial charge in [0.2, 0.25) is 5.91 Å². The summed E-state index contributed by atoms with van der Waals surface area (Å²) in [7, 11) is 0. The molecule has 1 amide bonds. The quantitative estimate of drug-likeness (QED) is 0.736. The van der Waals surface area contributed by atoms with Crippen molar-refractivity contribution in [3.05, 3.63) is 41.5 Å². The SMILES string of the molecule is NC(=O)/C=C1\CC2(CCCC2)c2ccccc21. The van der Waals surface area contributed by atoms with E-state index in [1.807, 2.05) is 6.07 Å². The second-order valence-corrected chi connectivity index (χ2v) is 5.28. The molecular formula is C15H17NO. The van der Waals surface area contributed by atoms with Crippen LogP contribution in [0, 0.1) is 0 Å². The predicted octanol–water partition coefficient (Wildman–Crippen LogP) is 2.77. The third-order valence-electron chi connectivity index (χ3n) is 4.25. The van der Waals surface area contributed by atoms with E-state index < -0.39 is 0 Å². The van der Waals surface area contributed by atoms with Crippen LogP contribution in [0.25, 0.3) is 5.57 Å². The summed E-state index contributed by atoms with van der Waals surface area (Å²) in [5.41, 5.74) is 9.42. The maximum Gasteiger partial charge on any atom is 0.241 e. The minimum Gasteiger partial charge on any atom is -0.366 e. The van der Waals surface area contributed by atoms with Gasteiger partial charge in [0.15, 0.2) is 0 Å². The zero-order valence-corrected chi connectivity index (χ0v) is 9.91. The van der Waals surface area contributed by atoms with Crippen LogP contribution in [0.3, 0.4) is 0 Å². The molecule has 0 radical (unpaired) electrons. The van der Waals surface area contributed by atoms with Crippen molar-refractivity contribution in [1.29, 1.82) is 0 Å². The largest absolute Gasteiger partial charge is 0.366 e. The topological polar surface area (TPSA) is 43.1 Å². The van der Waals surface area contributed by atoms with E-state index in [9.17, 15) is 4.79 Å². The Morgan fingerprint density at radius 3 is 2.65 bits per heavy atom. The maximum absolute atomic E-state index is 11.1. The first-order valence-corrected chi connectivity index (χ1v) is 6.31. The van der Waals surface area contributed by atoms with Crippen LogP contribution in [0.5, 0.6) is 0 Å². The van der Waals surface area contributed by atoms with Crippen molar-refractivity contribution in [3.63, 3.8) is 0 Å². The monoisotopic (exact) mass is 227 g/mol. The van der Waals surface area contributed by atoms with Gasteiger partial charge in [-0.1, -0.05) is 37.1 Å². The molecule has 2 nitrogen and oxygen atoms in total. The minimum absolute atomic E-state index is 0.303. The molecular weight excluding hydrogens is 210 g/mol. The van der Waals surface area contributed by atoms with Gasteiger partial charge in [-0.25, -0.2) is 0 Å². The van der Waals surface area contributed by atoms with E-state index in [1.165, 1.54) is 36.8 Å². The van der Waals surface area contributed by atoms with Crippen molar-refractivity contribution in [2.75, 3.05) is 0 Å². The number of carbonyl (C=O) groups is 1. The van der Waals surface area contributed by atoms with Crippen LogP contribution in [0.1, 0.15) is 43.2 Å². The van der Waals surface area contributed by atoms with Crippen LogP contribution in [-0.4, -0.2) is 5.91 Å². The normalized spacial score (nSPS) is 23.2. The highest BCUT2D eigenvalue weighted by atomic mass is 16.1. The van der Waals surface area contributed by atoms with Crippen LogP contribution in [-0.2, 0) is 10.2 Å². The number of allylic oxidation sites excluding steroid dienone is 1. The molecule has 0 aliphatic heterocycles.